The topological polar surface area (TPSA) is 61.0 Å². The van der Waals surface area contributed by atoms with Gasteiger partial charge in [0.05, 0.1) is 11.3 Å². The molecule has 0 spiro atoms. The van der Waals surface area contributed by atoms with Crippen molar-refractivity contribution >= 4 is 5.95 Å². The van der Waals surface area contributed by atoms with Crippen molar-refractivity contribution in [3.63, 3.8) is 0 Å². The molecule has 4 nitrogen and oxygen atoms in total. The van der Waals surface area contributed by atoms with Crippen molar-refractivity contribution in [3.8, 4) is 5.75 Å². The largest absolute Gasteiger partial charge is 0.484 e. The number of hydrogen-bond donors (Lipinski definition) is 1. The summed E-state index contributed by atoms with van der Waals surface area (Å²) < 4.78 is 43.9. The number of rotatable bonds is 3. The van der Waals surface area contributed by atoms with Gasteiger partial charge in [0.15, 0.2) is 0 Å². The van der Waals surface area contributed by atoms with Gasteiger partial charge in [0.25, 0.3) is 0 Å². The minimum atomic E-state index is -4.47. The fourth-order valence-electron chi connectivity index (χ4n) is 1.67. The lowest BCUT2D eigenvalue weighted by Gasteiger charge is -2.18. The van der Waals surface area contributed by atoms with E-state index in [1.54, 1.807) is 6.92 Å². The summed E-state index contributed by atoms with van der Waals surface area (Å²) >= 11 is 0. The first kappa shape index (κ1) is 14.1. The molecular formula is C13H12F3N3O. The molecule has 0 radical (unpaired) electrons. The smallest absolute Gasteiger partial charge is 0.419 e. The van der Waals surface area contributed by atoms with Crippen LogP contribution < -0.4 is 10.5 Å². The SMILES string of the molecule is C[C@@H](Oc1ccccc1C(F)(F)F)c1ccnc(N)n1. The Morgan fingerprint density at radius 2 is 1.90 bits per heavy atom. The monoisotopic (exact) mass is 283 g/mol. The molecule has 1 atom stereocenters. The predicted octanol–water partition coefficient (Wildman–Crippen LogP) is 3.22. The van der Waals surface area contributed by atoms with Gasteiger partial charge in [-0.25, -0.2) is 9.97 Å². The van der Waals surface area contributed by atoms with Crippen LogP contribution in [0.1, 0.15) is 24.3 Å². The van der Waals surface area contributed by atoms with Crippen LogP contribution in [-0.4, -0.2) is 9.97 Å². The fourth-order valence-corrected chi connectivity index (χ4v) is 1.67. The van der Waals surface area contributed by atoms with E-state index in [9.17, 15) is 13.2 Å². The number of nitrogen functional groups attached to an aromatic ring is 1. The third-order valence-corrected chi connectivity index (χ3v) is 2.61. The third-order valence-electron chi connectivity index (χ3n) is 2.61. The molecule has 7 heteroatoms. The second-order valence-corrected chi connectivity index (χ2v) is 4.09. The number of nitrogens with zero attached hydrogens (tertiary/aromatic N) is 2. The van der Waals surface area contributed by atoms with Gasteiger partial charge in [-0.3, -0.25) is 0 Å². The van der Waals surface area contributed by atoms with Crippen molar-refractivity contribution in [3.05, 3.63) is 47.8 Å². The van der Waals surface area contributed by atoms with Crippen LogP contribution in [0, 0.1) is 0 Å². The van der Waals surface area contributed by atoms with Crippen molar-refractivity contribution in [1.29, 1.82) is 0 Å². The second kappa shape index (κ2) is 5.36. The van der Waals surface area contributed by atoms with Gasteiger partial charge in [0, 0.05) is 6.20 Å². The van der Waals surface area contributed by atoms with Gasteiger partial charge >= 0.3 is 6.18 Å². The molecule has 0 aliphatic heterocycles. The predicted molar refractivity (Wildman–Crippen MR) is 66.9 cm³/mol. The van der Waals surface area contributed by atoms with Gasteiger partial charge in [-0.05, 0) is 25.1 Å². The van der Waals surface area contributed by atoms with Crippen molar-refractivity contribution in [1.82, 2.24) is 9.97 Å². The first-order valence-electron chi connectivity index (χ1n) is 5.79. The number of nitrogens with two attached hydrogens (primary N) is 1. The van der Waals surface area contributed by atoms with Crippen LogP contribution in [0.15, 0.2) is 36.5 Å². The standard InChI is InChI=1S/C13H12F3N3O/c1-8(10-6-7-18-12(17)19-10)20-11-5-3-2-4-9(11)13(14,15)16/h2-8H,1H3,(H2,17,18,19)/t8-/m1/s1. The molecule has 0 saturated carbocycles. The molecule has 1 aromatic heterocycles. The molecule has 2 aromatic rings. The average molecular weight is 283 g/mol. The highest BCUT2D eigenvalue weighted by Crippen LogP contribution is 2.37. The number of halogens is 3. The summed E-state index contributed by atoms with van der Waals surface area (Å²) in [5, 5.41) is 0. The number of ether oxygens (including phenoxy) is 1. The molecule has 0 unspecified atom stereocenters. The number of anilines is 1. The summed E-state index contributed by atoms with van der Waals surface area (Å²) in [4.78, 5) is 7.64. The van der Waals surface area contributed by atoms with E-state index in [0.29, 0.717) is 5.69 Å². The Hall–Kier alpha value is -2.31. The van der Waals surface area contributed by atoms with E-state index < -0.39 is 17.8 Å². The highest BCUT2D eigenvalue weighted by molar-refractivity contribution is 5.36. The van der Waals surface area contributed by atoms with Crippen LogP contribution in [0.3, 0.4) is 0 Å². The molecule has 1 heterocycles. The molecule has 2 N–H and O–H groups in total. The van der Waals surface area contributed by atoms with E-state index in [4.69, 9.17) is 10.5 Å². The lowest BCUT2D eigenvalue weighted by Crippen LogP contribution is -2.12. The first-order chi connectivity index (χ1) is 9.38. The van der Waals surface area contributed by atoms with Gasteiger partial charge < -0.3 is 10.5 Å². The Labute approximate surface area is 113 Å². The van der Waals surface area contributed by atoms with Gasteiger partial charge in [0.2, 0.25) is 5.95 Å². The molecule has 0 fully saturated rings. The number of para-hydroxylation sites is 1. The third kappa shape index (κ3) is 3.17. The highest BCUT2D eigenvalue weighted by atomic mass is 19.4. The second-order valence-electron chi connectivity index (χ2n) is 4.09. The zero-order valence-corrected chi connectivity index (χ0v) is 10.6. The minimum absolute atomic E-state index is 0.0436. The van der Waals surface area contributed by atoms with E-state index >= 15 is 0 Å². The lowest BCUT2D eigenvalue weighted by atomic mass is 10.2. The maximum Gasteiger partial charge on any atom is 0.419 e. The Morgan fingerprint density at radius 1 is 1.20 bits per heavy atom. The lowest BCUT2D eigenvalue weighted by molar-refractivity contribution is -0.139. The zero-order chi connectivity index (χ0) is 14.8. The van der Waals surface area contributed by atoms with Crippen molar-refractivity contribution in [2.45, 2.75) is 19.2 Å². The quantitative estimate of drug-likeness (QED) is 0.939. The van der Waals surface area contributed by atoms with Crippen LogP contribution in [0.5, 0.6) is 5.75 Å². The molecule has 0 saturated heterocycles. The molecule has 106 valence electrons. The van der Waals surface area contributed by atoms with Crippen molar-refractivity contribution < 1.29 is 17.9 Å². The molecule has 0 amide bonds. The minimum Gasteiger partial charge on any atom is -0.484 e. The zero-order valence-electron chi connectivity index (χ0n) is 10.6. The van der Waals surface area contributed by atoms with Gasteiger partial charge in [-0.15, -0.1) is 0 Å². The number of aromatic nitrogens is 2. The van der Waals surface area contributed by atoms with Gasteiger partial charge in [0.1, 0.15) is 11.9 Å². The normalized spacial score (nSPS) is 13.0. The molecule has 0 aliphatic rings. The molecular weight excluding hydrogens is 271 g/mol. The van der Waals surface area contributed by atoms with E-state index in [1.165, 1.54) is 30.5 Å². The molecule has 1 aromatic carbocycles. The van der Waals surface area contributed by atoms with E-state index in [1.807, 2.05) is 0 Å². The van der Waals surface area contributed by atoms with Gasteiger partial charge in [-0.1, -0.05) is 12.1 Å². The first-order valence-corrected chi connectivity index (χ1v) is 5.79. The maximum atomic E-state index is 12.8. The average Bonchev–Trinajstić information content (AvgIpc) is 2.38. The van der Waals surface area contributed by atoms with E-state index in [0.717, 1.165) is 6.07 Å². The number of hydrogen-bond acceptors (Lipinski definition) is 4. The Bertz CT molecular complexity index is 601. The van der Waals surface area contributed by atoms with Gasteiger partial charge in [-0.2, -0.15) is 13.2 Å². The molecule has 20 heavy (non-hydrogen) atoms. The summed E-state index contributed by atoms with van der Waals surface area (Å²) in [7, 11) is 0. The summed E-state index contributed by atoms with van der Waals surface area (Å²) in [6.45, 7) is 1.59. The Morgan fingerprint density at radius 3 is 2.55 bits per heavy atom. The summed E-state index contributed by atoms with van der Waals surface area (Å²) in [6.07, 6.45) is -3.72. The maximum absolute atomic E-state index is 12.8. The van der Waals surface area contributed by atoms with Crippen LogP contribution >= 0.6 is 0 Å². The molecule has 0 aliphatic carbocycles. The van der Waals surface area contributed by atoms with E-state index in [-0.39, 0.29) is 11.7 Å². The number of alkyl halides is 3. The van der Waals surface area contributed by atoms with Crippen molar-refractivity contribution in [2.75, 3.05) is 5.73 Å². The van der Waals surface area contributed by atoms with Crippen LogP contribution in [-0.2, 0) is 6.18 Å². The van der Waals surface area contributed by atoms with E-state index in [2.05, 4.69) is 9.97 Å². The fraction of sp³-hybridized carbons (Fsp3) is 0.231. The highest BCUT2D eigenvalue weighted by Gasteiger charge is 2.34. The van der Waals surface area contributed by atoms with Crippen molar-refractivity contribution in [2.24, 2.45) is 0 Å². The summed E-state index contributed by atoms with van der Waals surface area (Å²) in [6, 6.07) is 6.56. The van der Waals surface area contributed by atoms with Crippen LogP contribution in [0.25, 0.3) is 0 Å². The Balaban J connectivity index is 2.26. The summed E-state index contributed by atoms with van der Waals surface area (Å²) in [5.41, 5.74) is 5.02. The Kier molecular flexibility index (Phi) is 3.78. The summed E-state index contributed by atoms with van der Waals surface area (Å²) in [5.74, 6) is -0.202. The molecule has 2 rings (SSSR count). The molecule has 0 bridgehead atoms. The van der Waals surface area contributed by atoms with Crippen LogP contribution in [0.2, 0.25) is 0 Å². The number of benzene rings is 1. The van der Waals surface area contributed by atoms with Crippen LogP contribution in [0.4, 0.5) is 19.1 Å².